The van der Waals surface area contributed by atoms with Gasteiger partial charge in [-0.05, 0) is 17.7 Å². The van der Waals surface area contributed by atoms with E-state index in [-0.39, 0.29) is 18.2 Å². The van der Waals surface area contributed by atoms with E-state index < -0.39 is 0 Å². The fourth-order valence-electron chi connectivity index (χ4n) is 1.75. The minimum absolute atomic E-state index is 0.0700. The maximum absolute atomic E-state index is 13.4. The molecule has 0 saturated heterocycles. The molecule has 0 amide bonds. The van der Waals surface area contributed by atoms with Crippen molar-refractivity contribution in [3.63, 3.8) is 0 Å². The average Bonchev–Trinajstić information content (AvgIpc) is 2.69. The number of rotatable bonds is 11. The molecule has 144 valence electrons. The molecule has 0 atom stereocenters. The van der Waals surface area contributed by atoms with E-state index in [9.17, 15) is 4.39 Å². The van der Waals surface area contributed by atoms with E-state index in [0.29, 0.717) is 30.4 Å². The highest BCUT2D eigenvalue weighted by Crippen LogP contribution is 2.15. The van der Waals surface area contributed by atoms with E-state index in [4.69, 9.17) is 21.0 Å². The van der Waals surface area contributed by atoms with Crippen LogP contribution in [0, 0.1) is 18.2 Å². The van der Waals surface area contributed by atoms with Crippen LogP contribution in [0.15, 0.2) is 58.3 Å². The summed E-state index contributed by atoms with van der Waals surface area (Å²) in [5.74, 6) is 3.97. The fraction of sp³-hybridized carbons (Fsp3) is 0.300. The van der Waals surface area contributed by atoms with E-state index in [1.165, 1.54) is 31.2 Å². The van der Waals surface area contributed by atoms with Gasteiger partial charge in [0.2, 0.25) is 5.90 Å². The third-order valence-corrected chi connectivity index (χ3v) is 3.94. The maximum Gasteiger partial charge on any atom is 0.218 e. The third kappa shape index (κ3) is 10.2. The van der Waals surface area contributed by atoms with Gasteiger partial charge in [0.25, 0.3) is 0 Å². The molecule has 7 heteroatoms. The van der Waals surface area contributed by atoms with Crippen LogP contribution < -0.4 is 4.74 Å². The second-order valence-corrected chi connectivity index (χ2v) is 6.08. The van der Waals surface area contributed by atoms with Crippen molar-refractivity contribution < 1.29 is 19.0 Å². The Kier molecular flexibility index (Phi) is 12.2. The molecule has 0 bridgehead atoms. The van der Waals surface area contributed by atoms with E-state index in [2.05, 4.69) is 16.1 Å². The smallest absolute Gasteiger partial charge is 0.218 e. The zero-order chi connectivity index (χ0) is 19.7. The van der Waals surface area contributed by atoms with Gasteiger partial charge in [0.15, 0.2) is 11.6 Å². The van der Waals surface area contributed by atoms with Gasteiger partial charge in [-0.25, -0.2) is 4.39 Å². The lowest BCUT2D eigenvalue weighted by Crippen LogP contribution is -2.08. The predicted octanol–water partition coefficient (Wildman–Crippen LogP) is 3.47. The second kappa shape index (κ2) is 14.6. The normalized spacial score (nSPS) is 12.5. The lowest BCUT2D eigenvalue weighted by atomic mass is 10.2. The van der Waals surface area contributed by atoms with Crippen molar-refractivity contribution in [1.82, 2.24) is 0 Å². The Morgan fingerprint density at radius 3 is 2.93 bits per heavy atom. The minimum atomic E-state index is -0.375. The Hall–Kier alpha value is -2.56. The Morgan fingerprint density at radius 2 is 2.22 bits per heavy atom. The van der Waals surface area contributed by atoms with Gasteiger partial charge in [-0.3, -0.25) is 0 Å². The monoisotopic (exact) mass is 390 g/mol. The number of halogens is 1. The van der Waals surface area contributed by atoms with Crippen molar-refractivity contribution in [2.24, 2.45) is 10.2 Å². The van der Waals surface area contributed by atoms with Crippen LogP contribution >= 0.6 is 11.8 Å². The van der Waals surface area contributed by atoms with Crippen LogP contribution in [0.1, 0.15) is 6.42 Å². The molecule has 1 rings (SSSR count). The molecule has 0 aromatic heterocycles. The topological polar surface area (TPSA) is 63.4 Å². The van der Waals surface area contributed by atoms with Gasteiger partial charge < -0.3 is 14.6 Å². The first kappa shape index (κ1) is 22.5. The molecule has 0 spiro atoms. The SMILES string of the molecule is C#CC/C=C(\C=C/CO)/C=N/N=C(/CSCCOc1ccccc1F)OC. The van der Waals surface area contributed by atoms with Gasteiger partial charge in [-0.15, -0.1) is 29.2 Å². The minimum Gasteiger partial charge on any atom is -0.490 e. The van der Waals surface area contributed by atoms with E-state index >= 15 is 0 Å². The molecular weight excluding hydrogens is 367 g/mol. The van der Waals surface area contributed by atoms with Crippen LogP contribution in [0.3, 0.4) is 0 Å². The first-order valence-electron chi connectivity index (χ1n) is 8.21. The third-order valence-electron chi connectivity index (χ3n) is 3.03. The lowest BCUT2D eigenvalue weighted by molar-refractivity contribution is 0.325. The fourth-order valence-corrected chi connectivity index (χ4v) is 2.45. The number of ether oxygens (including phenoxy) is 2. The standard InChI is InChI=1S/C20H23FN2O3S/c1-3-4-8-17(9-7-12-24)15-22-23-20(25-2)16-27-14-13-26-19-11-6-5-10-18(19)21/h1,5-11,15,24H,4,12-14,16H2,2H3/b9-7-,17-8+,22-15+,23-20-. The zero-order valence-corrected chi connectivity index (χ0v) is 16.0. The van der Waals surface area contributed by atoms with Crippen LogP contribution in [0.25, 0.3) is 0 Å². The van der Waals surface area contributed by atoms with Crippen LogP contribution in [0.4, 0.5) is 4.39 Å². The zero-order valence-electron chi connectivity index (χ0n) is 15.2. The van der Waals surface area contributed by atoms with Crippen molar-refractivity contribution in [3.05, 3.63) is 53.9 Å². The van der Waals surface area contributed by atoms with Crippen LogP contribution in [0.5, 0.6) is 5.75 Å². The van der Waals surface area contributed by atoms with E-state index in [1.54, 1.807) is 36.4 Å². The van der Waals surface area contributed by atoms with Crippen molar-refractivity contribution in [2.75, 3.05) is 31.8 Å². The van der Waals surface area contributed by atoms with Gasteiger partial charge in [0, 0.05) is 12.2 Å². The summed E-state index contributed by atoms with van der Waals surface area (Å²) in [4.78, 5) is 0. The summed E-state index contributed by atoms with van der Waals surface area (Å²) in [6.45, 7) is 0.302. The average molecular weight is 390 g/mol. The Labute approximate surface area is 163 Å². The van der Waals surface area contributed by atoms with Gasteiger partial charge in [-0.1, -0.05) is 30.4 Å². The maximum atomic E-state index is 13.4. The quantitative estimate of drug-likeness (QED) is 0.157. The van der Waals surface area contributed by atoms with Gasteiger partial charge >= 0.3 is 0 Å². The van der Waals surface area contributed by atoms with Crippen LogP contribution in [-0.2, 0) is 4.74 Å². The number of allylic oxidation sites excluding steroid dienone is 3. The van der Waals surface area contributed by atoms with Gasteiger partial charge in [-0.2, -0.15) is 5.10 Å². The molecule has 0 unspecified atom stereocenters. The molecule has 27 heavy (non-hydrogen) atoms. The van der Waals surface area contributed by atoms with Crippen molar-refractivity contribution >= 4 is 23.9 Å². The number of para-hydroxylation sites is 1. The number of nitrogens with zero attached hydrogens (tertiary/aromatic N) is 2. The highest BCUT2D eigenvalue weighted by Gasteiger charge is 2.02. The Bertz CT molecular complexity index is 724. The van der Waals surface area contributed by atoms with E-state index in [0.717, 1.165) is 5.57 Å². The highest BCUT2D eigenvalue weighted by molar-refractivity contribution is 7.99. The molecule has 0 aliphatic carbocycles. The summed E-state index contributed by atoms with van der Waals surface area (Å²) < 4.78 is 24.0. The van der Waals surface area contributed by atoms with Gasteiger partial charge in [0.1, 0.15) is 0 Å². The number of benzene rings is 1. The molecule has 0 radical (unpaired) electrons. The van der Waals surface area contributed by atoms with Crippen LogP contribution in [0.2, 0.25) is 0 Å². The Morgan fingerprint density at radius 1 is 1.41 bits per heavy atom. The molecule has 1 aromatic carbocycles. The summed E-state index contributed by atoms with van der Waals surface area (Å²) in [5.41, 5.74) is 0.743. The molecule has 0 fully saturated rings. The molecular formula is C20H23FN2O3S. The number of terminal acetylenes is 1. The molecule has 0 aliphatic heterocycles. The number of hydrogen-bond acceptors (Lipinski definition) is 6. The van der Waals surface area contributed by atoms with Crippen molar-refractivity contribution in [2.45, 2.75) is 6.42 Å². The lowest BCUT2D eigenvalue weighted by Gasteiger charge is -2.07. The number of hydrogen-bond donors (Lipinski definition) is 1. The number of aliphatic hydroxyl groups excluding tert-OH is 1. The van der Waals surface area contributed by atoms with E-state index in [1.807, 2.05) is 0 Å². The summed E-state index contributed by atoms with van der Waals surface area (Å²) >= 11 is 1.53. The van der Waals surface area contributed by atoms with Crippen molar-refractivity contribution in [3.8, 4) is 18.1 Å². The molecule has 0 aliphatic rings. The number of thioether (sulfide) groups is 1. The largest absolute Gasteiger partial charge is 0.490 e. The summed E-state index contributed by atoms with van der Waals surface area (Å²) in [7, 11) is 1.52. The first-order valence-corrected chi connectivity index (χ1v) is 9.36. The van der Waals surface area contributed by atoms with Crippen LogP contribution in [-0.4, -0.2) is 49.0 Å². The Balaban J connectivity index is 2.44. The molecule has 0 saturated carbocycles. The summed E-state index contributed by atoms with van der Waals surface area (Å²) in [6.07, 6.45) is 12.3. The van der Waals surface area contributed by atoms with Gasteiger partial charge in [0.05, 0.1) is 32.3 Å². The highest BCUT2D eigenvalue weighted by atomic mass is 32.2. The second-order valence-electron chi connectivity index (χ2n) is 4.97. The number of aliphatic hydroxyl groups is 1. The first-order chi connectivity index (χ1) is 13.2. The molecule has 1 N–H and O–H groups in total. The van der Waals surface area contributed by atoms with Crippen molar-refractivity contribution in [1.29, 1.82) is 0 Å². The number of methoxy groups -OCH3 is 1. The summed E-state index contributed by atoms with van der Waals surface area (Å²) in [6, 6.07) is 6.29. The summed E-state index contributed by atoms with van der Waals surface area (Å²) in [5, 5.41) is 16.8. The molecule has 0 heterocycles. The predicted molar refractivity (Wildman–Crippen MR) is 110 cm³/mol. The molecule has 5 nitrogen and oxygen atoms in total. The molecule has 1 aromatic rings.